The molecule has 0 spiro atoms. The van der Waals surface area contributed by atoms with Gasteiger partial charge in [0.15, 0.2) is 0 Å². The first-order chi connectivity index (χ1) is 12.1. The molecule has 2 aromatic carbocycles. The number of rotatable bonds is 2. The van der Waals surface area contributed by atoms with E-state index in [0.717, 1.165) is 34.5 Å². The molecule has 0 amide bonds. The standard InChI is InChI=1S/C21H17N3S/c1-24(2)15-9-7-13(8-10-15)19-17-11-14-5-3-4-6-16(14)20(17)23-21(25)18(19)12-22/h3-10H,11H2,1-2H3,(H,23,25). The maximum Gasteiger partial charge on any atom is 0.122 e. The molecule has 4 rings (SSSR count). The highest BCUT2D eigenvalue weighted by Crippen LogP contribution is 2.42. The van der Waals surface area contributed by atoms with Crippen LogP contribution in [-0.4, -0.2) is 19.1 Å². The van der Waals surface area contributed by atoms with Gasteiger partial charge in [-0.2, -0.15) is 5.26 Å². The molecular formula is C21H17N3S. The van der Waals surface area contributed by atoms with Crippen LogP contribution in [0.1, 0.15) is 16.7 Å². The lowest BCUT2D eigenvalue weighted by Gasteiger charge is -2.15. The van der Waals surface area contributed by atoms with Gasteiger partial charge in [-0.3, -0.25) is 0 Å². The highest BCUT2D eigenvalue weighted by Gasteiger charge is 2.25. The van der Waals surface area contributed by atoms with Crippen molar-refractivity contribution in [2.75, 3.05) is 19.0 Å². The van der Waals surface area contributed by atoms with E-state index in [0.29, 0.717) is 10.2 Å². The average Bonchev–Trinajstić information content (AvgIpc) is 2.99. The lowest BCUT2D eigenvalue weighted by molar-refractivity contribution is 1.13. The highest BCUT2D eigenvalue weighted by molar-refractivity contribution is 7.71. The van der Waals surface area contributed by atoms with E-state index in [4.69, 9.17) is 12.2 Å². The summed E-state index contributed by atoms with van der Waals surface area (Å²) >= 11 is 5.49. The SMILES string of the molecule is CN(C)c1ccc(-c2c3c([nH]c(=S)c2C#N)-c2ccccc2C3)cc1. The Labute approximate surface area is 152 Å². The number of nitrogens with one attached hydrogen (secondary N) is 1. The van der Waals surface area contributed by atoms with Gasteiger partial charge >= 0.3 is 0 Å². The number of aromatic amines is 1. The van der Waals surface area contributed by atoms with E-state index < -0.39 is 0 Å². The molecule has 3 aromatic rings. The third-order valence-electron chi connectivity index (χ3n) is 4.76. The minimum absolute atomic E-state index is 0.504. The lowest BCUT2D eigenvalue weighted by Crippen LogP contribution is -2.08. The topological polar surface area (TPSA) is 42.8 Å². The molecule has 0 aliphatic heterocycles. The van der Waals surface area contributed by atoms with Crippen LogP contribution in [0, 0.1) is 16.0 Å². The van der Waals surface area contributed by atoms with Crippen LogP contribution in [-0.2, 0) is 6.42 Å². The maximum absolute atomic E-state index is 9.71. The summed E-state index contributed by atoms with van der Waals surface area (Å²) in [5.41, 5.74) is 8.33. The summed E-state index contributed by atoms with van der Waals surface area (Å²) in [6.45, 7) is 0. The number of hydrogen-bond acceptors (Lipinski definition) is 3. The van der Waals surface area contributed by atoms with Crippen LogP contribution in [0.5, 0.6) is 0 Å². The number of pyridine rings is 1. The number of aromatic nitrogens is 1. The number of H-pyrrole nitrogens is 1. The third-order valence-corrected chi connectivity index (χ3v) is 5.06. The van der Waals surface area contributed by atoms with Crippen molar-refractivity contribution >= 4 is 17.9 Å². The van der Waals surface area contributed by atoms with Gasteiger partial charge in [-0.15, -0.1) is 0 Å². The zero-order valence-electron chi connectivity index (χ0n) is 14.1. The smallest absolute Gasteiger partial charge is 0.122 e. The molecule has 1 N–H and O–H groups in total. The van der Waals surface area contributed by atoms with Gasteiger partial charge in [-0.05, 0) is 28.8 Å². The number of nitrogens with zero attached hydrogens (tertiary/aromatic N) is 2. The summed E-state index contributed by atoms with van der Waals surface area (Å²) in [6, 6.07) is 18.9. The minimum atomic E-state index is 0.504. The van der Waals surface area contributed by atoms with E-state index in [-0.39, 0.29) is 0 Å². The summed E-state index contributed by atoms with van der Waals surface area (Å²) in [5, 5.41) is 9.71. The van der Waals surface area contributed by atoms with Gasteiger partial charge in [0, 0.05) is 37.3 Å². The summed E-state index contributed by atoms with van der Waals surface area (Å²) in [7, 11) is 4.03. The molecule has 0 radical (unpaired) electrons. The quantitative estimate of drug-likeness (QED) is 0.525. The zero-order chi connectivity index (χ0) is 17.6. The van der Waals surface area contributed by atoms with Crippen LogP contribution < -0.4 is 4.90 Å². The van der Waals surface area contributed by atoms with Crippen molar-refractivity contribution in [1.82, 2.24) is 4.98 Å². The third kappa shape index (κ3) is 2.45. The predicted octanol–water partition coefficient (Wildman–Crippen LogP) is 4.92. The fourth-order valence-corrected chi connectivity index (χ4v) is 3.76. The van der Waals surface area contributed by atoms with Crippen LogP contribution >= 0.6 is 12.2 Å². The van der Waals surface area contributed by atoms with Crippen molar-refractivity contribution in [3.8, 4) is 28.5 Å². The average molecular weight is 343 g/mol. The first-order valence-corrected chi connectivity index (χ1v) is 8.56. The Bertz CT molecular complexity index is 1070. The molecule has 0 atom stereocenters. The number of hydrogen-bond donors (Lipinski definition) is 1. The number of benzene rings is 2. The van der Waals surface area contributed by atoms with Gasteiger partial charge in [0.2, 0.25) is 0 Å². The Morgan fingerprint density at radius 3 is 2.48 bits per heavy atom. The second-order valence-electron chi connectivity index (χ2n) is 6.44. The van der Waals surface area contributed by atoms with Crippen LogP contribution in [0.2, 0.25) is 0 Å². The highest BCUT2D eigenvalue weighted by atomic mass is 32.1. The normalized spacial score (nSPS) is 11.6. The molecule has 3 nitrogen and oxygen atoms in total. The van der Waals surface area contributed by atoms with Crippen molar-refractivity contribution in [1.29, 1.82) is 5.26 Å². The fourth-order valence-electron chi connectivity index (χ4n) is 3.51. The van der Waals surface area contributed by atoms with Crippen molar-refractivity contribution in [3.63, 3.8) is 0 Å². The van der Waals surface area contributed by atoms with Crippen molar-refractivity contribution in [2.24, 2.45) is 0 Å². The monoisotopic (exact) mass is 343 g/mol. The molecule has 122 valence electrons. The minimum Gasteiger partial charge on any atom is -0.378 e. The van der Waals surface area contributed by atoms with Crippen molar-refractivity contribution in [2.45, 2.75) is 6.42 Å². The van der Waals surface area contributed by atoms with Crippen LogP contribution in [0.25, 0.3) is 22.4 Å². The van der Waals surface area contributed by atoms with Gasteiger partial charge in [0.05, 0.1) is 11.3 Å². The molecule has 1 aromatic heterocycles. The summed E-state index contributed by atoms with van der Waals surface area (Å²) < 4.78 is 0.504. The Kier molecular flexibility index (Phi) is 3.67. The molecule has 0 saturated carbocycles. The van der Waals surface area contributed by atoms with Gasteiger partial charge < -0.3 is 9.88 Å². The van der Waals surface area contributed by atoms with Gasteiger partial charge in [-0.1, -0.05) is 48.6 Å². The largest absolute Gasteiger partial charge is 0.378 e. The molecule has 25 heavy (non-hydrogen) atoms. The summed E-state index contributed by atoms with van der Waals surface area (Å²) in [6.07, 6.45) is 0.817. The second kappa shape index (κ2) is 5.87. The van der Waals surface area contributed by atoms with Crippen LogP contribution in [0.15, 0.2) is 48.5 Å². The number of fused-ring (bicyclic) bond motifs is 3. The van der Waals surface area contributed by atoms with Crippen LogP contribution in [0.3, 0.4) is 0 Å². The zero-order valence-corrected chi connectivity index (χ0v) is 14.9. The van der Waals surface area contributed by atoms with Gasteiger partial charge in [0.25, 0.3) is 0 Å². The van der Waals surface area contributed by atoms with Crippen molar-refractivity contribution in [3.05, 3.63) is 69.9 Å². The molecule has 1 aliphatic rings. The van der Waals surface area contributed by atoms with E-state index in [1.165, 1.54) is 11.1 Å². The Morgan fingerprint density at radius 1 is 1.08 bits per heavy atom. The first kappa shape index (κ1) is 15.6. The number of nitriles is 1. The molecule has 0 saturated heterocycles. The Balaban J connectivity index is 1.98. The molecule has 1 heterocycles. The Morgan fingerprint density at radius 2 is 1.80 bits per heavy atom. The summed E-state index contributed by atoms with van der Waals surface area (Å²) in [5.74, 6) is 0. The molecular weight excluding hydrogens is 326 g/mol. The molecule has 4 heteroatoms. The van der Waals surface area contributed by atoms with Gasteiger partial charge in [-0.25, -0.2) is 0 Å². The van der Waals surface area contributed by atoms with Crippen LogP contribution in [0.4, 0.5) is 5.69 Å². The number of anilines is 1. The summed E-state index contributed by atoms with van der Waals surface area (Å²) in [4.78, 5) is 5.35. The van der Waals surface area contributed by atoms with E-state index in [1.807, 2.05) is 20.2 Å². The lowest BCUT2D eigenvalue weighted by atomic mass is 9.94. The van der Waals surface area contributed by atoms with E-state index in [2.05, 4.69) is 58.4 Å². The van der Waals surface area contributed by atoms with E-state index in [1.54, 1.807) is 0 Å². The first-order valence-electron chi connectivity index (χ1n) is 8.15. The second-order valence-corrected chi connectivity index (χ2v) is 6.85. The molecule has 0 bridgehead atoms. The molecule has 1 aliphatic carbocycles. The maximum atomic E-state index is 9.71. The fraction of sp³-hybridized carbons (Fsp3) is 0.143. The van der Waals surface area contributed by atoms with E-state index in [9.17, 15) is 5.26 Å². The molecule has 0 unspecified atom stereocenters. The predicted molar refractivity (Wildman–Crippen MR) is 104 cm³/mol. The van der Waals surface area contributed by atoms with E-state index >= 15 is 0 Å². The molecule has 0 fully saturated rings. The van der Waals surface area contributed by atoms with Gasteiger partial charge in [0.1, 0.15) is 10.7 Å². The Hall–Kier alpha value is -2.90. The van der Waals surface area contributed by atoms with Crippen molar-refractivity contribution < 1.29 is 0 Å².